The van der Waals surface area contributed by atoms with E-state index < -0.39 is 0 Å². The maximum Gasteiger partial charge on any atom is 0.255 e. The van der Waals surface area contributed by atoms with E-state index in [9.17, 15) is 4.79 Å². The van der Waals surface area contributed by atoms with Crippen LogP contribution >= 0.6 is 23.2 Å². The lowest BCUT2D eigenvalue weighted by Gasteiger charge is -2.23. The maximum atomic E-state index is 12.6. The minimum atomic E-state index is -0.220. The zero-order chi connectivity index (χ0) is 15.8. The fourth-order valence-electron chi connectivity index (χ4n) is 1.85. The normalized spacial score (nSPS) is 10.7. The number of benzene rings is 1. The van der Waals surface area contributed by atoms with Crippen molar-refractivity contribution in [3.63, 3.8) is 0 Å². The predicted octanol–water partition coefficient (Wildman–Crippen LogP) is 2.70. The van der Waals surface area contributed by atoms with E-state index in [1.165, 1.54) is 12.1 Å². The van der Waals surface area contributed by atoms with Crippen molar-refractivity contribution in [3.8, 4) is 0 Å². The van der Waals surface area contributed by atoms with Crippen molar-refractivity contribution in [3.05, 3.63) is 27.7 Å². The number of nitrogens with two attached hydrogens (primary N) is 1. The highest BCUT2D eigenvalue weighted by Crippen LogP contribution is 2.29. The van der Waals surface area contributed by atoms with E-state index in [0.717, 1.165) is 6.42 Å². The summed E-state index contributed by atoms with van der Waals surface area (Å²) in [6, 6.07) is 3.05. The Hall–Kier alpha value is -1.01. The molecule has 0 saturated heterocycles. The molecule has 0 aromatic heterocycles. The molecule has 0 heterocycles. The zero-order valence-corrected chi connectivity index (χ0v) is 13.7. The van der Waals surface area contributed by atoms with E-state index in [1.807, 2.05) is 0 Å². The van der Waals surface area contributed by atoms with Gasteiger partial charge in [0.05, 0.1) is 22.2 Å². The highest BCUT2D eigenvalue weighted by atomic mass is 35.5. The third kappa shape index (κ3) is 5.36. The minimum absolute atomic E-state index is 0.213. The maximum absolute atomic E-state index is 12.6. The minimum Gasteiger partial charge on any atom is -0.399 e. The van der Waals surface area contributed by atoms with E-state index in [-0.39, 0.29) is 16.0 Å². The Bertz CT molecular complexity index is 484. The largest absolute Gasteiger partial charge is 0.399 e. The molecule has 0 aliphatic carbocycles. The van der Waals surface area contributed by atoms with Crippen LogP contribution in [0, 0.1) is 0 Å². The van der Waals surface area contributed by atoms with Gasteiger partial charge >= 0.3 is 0 Å². The summed E-state index contributed by atoms with van der Waals surface area (Å²) >= 11 is 12.1. The lowest BCUT2D eigenvalue weighted by atomic mass is 10.1. The number of nitrogens with zero attached hydrogens (tertiary/aromatic N) is 1. The second-order valence-corrected chi connectivity index (χ2v) is 5.28. The number of hydrogen-bond donors (Lipinski definition) is 1. The van der Waals surface area contributed by atoms with E-state index in [1.54, 1.807) is 19.1 Å². The Balaban J connectivity index is 2.93. The van der Waals surface area contributed by atoms with E-state index >= 15 is 0 Å². The number of methoxy groups -OCH3 is 2. The number of anilines is 1. The van der Waals surface area contributed by atoms with Gasteiger partial charge in [-0.3, -0.25) is 4.79 Å². The zero-order valence-electron chi connectivity index (χ0n) is 12.2. The lowest BCUT2D eigenvalue weighted by Crippen LogP contribution is -2.35. The molecule has 0 saturated carbocycles. The second-order valence-electron chi connectivity index (χ2n) is 4.50. The van der Waals surface area contributed by atoms with Gasteiger partial charge in [0.15, 0.2) is 0 Å². The molecule has 2 N–H and O–H groups in total. The Labute approximate surface area is 134 Å². The van der Waals surface area contributed by atoms with Crippen molar-refractivity contribution in [2.24, 2.45) is 0 Å². The van der Waals surface area contributed by atoms with Crippen LogP contribution in [0.4, 0.5) is 5.69 Å². The average Bonchev–Trinajstić information content (AvgIpc) is 2.45. The number of hydrogen-bond acceptors (Lipinski definition) is 4. The molecule has 21 heavy (non-hydrogen) atoms. The lowest BCUT2D eigenvalue weighted by molar-refractivity contribution is 0.0674. The summed E-state index contributed by atoms with van der Waals surface area (Å²) in [5.41, 5.74) is 6.43. The third-order valence-electron chi connectivity index (χ3n) is 2.91. The summed E-state index contributed by atoms with van der Waals surface area (Å²) in [5.74, 6) is -0.220. The van der Waals surface area contributed by atoms with Gasteiger partial charge < -0.3 is 20.1 Å². The molecule has 1 aromatic carbocycles. The molecule has 0 radical (unpaired) electrons. The van der Waals surface area contributed by atoms with Crippen molar-refractivity contribution in [2.45, 2.75) is 6.42 Å². The highest BCUT2D eigenvalue weighted by molar-refractivity contribution is 6.44. The summed E-state index contributed by atoms with van der Waals surface area (Å²) in [6.45, 7) is 2.01. The molecule has 7 heteroatoms. The van der Waals surface area contributed by atoms with E-state index in [2.05, 4.69) is 0 Å². The van der Waals surface area contributed by atoms with Gasteiger partial charge in [-0.15, -0.1) is 0 Å². The molecular formula is C14H20Cl2N2O3. The van der Waals surface area contributed by atoms with Crippen LogP contribution in [0.25, 0.3) is 0 Å². The van der Waals surface area contributed by atoms with Gasteiger partial charge in [0, 0.05) is 39.6 Å². The summed E-state index contributed by atoms with van der Waals surface area (Å²) in [6.07, 6.45) is 0.722. The molecule has 1 amide bonds. The molecule has 5 nitrogen and oxygen atoms in total. The third-order valence-corrected chi connectivity index (χ3v) is 3.71. The quantitative estimate of drug-likeness (QED) is 0.586. The first-order chi connectivity index (χ1) is 10.0. The number of carbonyl (C=O) groups is 1. The van der Waals surface area contributed by atoms with Crippen LogP contribution in [0.5, 0.6) is 0 Å². The fourth-order valence-corrected chi connectivity index (χ4v) is 2.27. The molecule has 1 aromatic rings. The molecule has 118 valence electrons. The number of amides is 1. The Morgan fingerprint density at radius 1 is 1.19 bits per heavy atom. The van der Waals surface area contributed by atoms with Crippen LogP contribution in [0.3, 0.4) is 0 Å². The number of carbonyl (C=O) groups excluding carboxylic acids is 1. The topological polar surface area (TPSA) is 64.8 Å². The Kier molecular flexibility index (Phi) is 7.82. The summed E-state index contributed by atoms with van der Waals surface area (Å²) in [7, 11) is 3.21. The van der Waals surface area contributed by atoms with Crippen LogP contribution < -0.4 is 5.73 Å². The van der Waals surface area contributed by atoms with Gasteiger partial charge in [0.1, 0.15) is 0 Å². The second kappa shape index (κ2) is 9.10. The number of rotatable bonds is 8. The van der Waals surface area contributed by atoms with Crippen molar-refractivity contribution in [1.29, 1.82) is 0 Å². The van der Waals surface area contributed by atoms with Crippen molar-refractivity contribution >= 4 is 34.8 Å². The van der Waals surface area contributed by atoms with Crippen LogP contribution in [-0.4, -0.2) is 51.3 Å². The Morgan fingerprint density at radius 3 is 2.48 bits per heavy atom. The Morgan fingerprint density at radius 2 is 1.86 bits per heavy atom. The summed E-state index contributed by atoms with van der Waals surface area (Å²) in [5, 5.41) is 0.480. The predicted molar refractivity (Wildman–Crippen MR) is 85.1 cm³/mol. The molecule has 0 aliphatic rings. The molecule has 1 rings (SSSR count). The molecule has 0 unspecified atom stereocenters. The van der Waals surface area contributed by atoms with Crippen LogP contribution in [0.1, 0.15) is 16.8 Å². The molecule has 0 spiro atoms. The molecule has 0 bridgehead atoms. The van der Waals surface area contributed by atoms with Gasteiger partial charge in [-0.1, -0.05) is 23.2 Å². The highest BCUT2D eigenvalue weighted by Gasteiger charge is 2.20. The standard InChI is InChI=1S/C14H20Cl2N2O3/c1-20-6-3-4-18(5-7-21-2)14(19)11-8-10(17)9-12(15)13(11)16/h8-9H,3-7,17H2,1-2H3. The number of ether oxygens (including phenoxy) is 2. The van der Waals surface area contributed by atoms with E-state index in [0.29, 0.717) is 37.6 Å². The SMILES string of the molecule is COCCCN(CCOC)C(=O)c1cc(N)cc(Cl)c1Cl. The molecule has 0 aliphatic heterocycles. The van der Waals surface area contributed by atoms with Crippen molar-refractivity contribution in [2.75, 3.05) is 46.3 Å². The van der Waals surface area contributed by atoms with Crippen LogP contribution in [-0.2, 0) is 9.47 Å². The van der Waals surface area contributed by atoms with E-state index in [4.69, 9.17) is 38.4 Å². The van der Waals surface area contributed by atoms with Crippen LogP contribution in [0.15, 0.2) is 12.1 Å². The fraction of sp³-hybridized carbons (Fsp3) is 0.500. The first-order valence-corrected chi connectivity index (χ1v) is 7.28. The van der Waals surface area contributed by atoms with Crippen molar-refractivity contribution in [1.82, 2.24) is 4.90 Å². The monoisotopic (exact) mass is 334 g/mol. The number of halogens is 2. The van der Waals surface area contributed by atoms with Gasteiger partial charge in [-0.05, 0) is 18.6 Å². The smallest absolute Gasteiger partial charge is 0.255 e. The van der Waals surface area contributed by atoms with Gasteiger partial charge in [0.2, 0.25) is 0 Å². The molecule has 0 fully saturated rings. The van der Waals surface area contributed by atoms with Crippen molar-refractivity contribution < 1.29 is 14.3 Å². The summed E-state index contributed by atoms with van der Waals surface area (Å²) in [4.78, 5) is 14.3. The van der Waals surface area contributed by atoms with Gasteiger partial charge in [0.25, 0.3) is 5.91 Å². The van der Waals surface area contributed by atoms with Gasteiger partial charge in [-0.2, -0.15) is 0 Å². The average molecular weight is 335 g/mol. The molecular weight excluding hydrogens is 315 g/mol. The number of nitrogen functional groups attached to an aromatic ring is 1. The first-order valence-electron chi connectivity index (χ1n) is 6.53. The molecule has 0 atom stereocenters. The first kappa shape index (κ1) is 18.0. The van der Waals surface area contributed by atoms with Crippen LogP contribution in [0.2, 0.25) is 10.0 Å². The van der Waals surface area contributed by atoms with Gasteiger partial charge in [-0.25, -0.2) is 0 Å². The summed E-state index contributed by atoms with van der Waals surface area (Å²) < 4.78 is 10.0.